The number of nitrogens with one attached hydrogen (secondary N) is 2. The molecule has 1 aliphatic rings. The van der Waals surface area contributed by atoms with E-state index in [9.17, 15) is 14.7 Å². The van der Waals surface area contributed by atoms with Crippen LogP contribution >= 0.6 is 0 Å². The molecule has 0 radical (unpaired) electrons. The van der Waals surface area contributed by atoms with E-state index in [4.69, 9.17) is 9.47 Å². The number of rotatable bonds is 11. The number of ether oxygens (including phenoxy) is 2. The number of pyridine rings is 2. The average molecular weight is 729 g/mol. The molecule has 13 nitrogen and oxygen atoms in total. The van der Waals surface area contributed by atoms with Crippen LogP contribution in [0.5, 0.6) is 11.5 Å². The molecule has 278 valence electrons. The molecule has 1 fully saturated rings. The lowest BCUT2D eigenvalue weighted by molar-refractivity contribution is 0.0398. The van der Waals surface area contributed by atoms with E-state index in [2.05, 4.69) is 44.2 Å². The smallest absolute Gasteiger partial charge is 0.199 e. The van der Waals surface area contributed by atoms with Gasteiger partial charge < -0.3 is 30.1 Å². The van der Waals surface area contributed by atoms with Crippen molar-refractivity contribution in [3.8, 4) is 11.5 Å². The van der Waals surface area contributed by atoms with Crippen LogP contribution in [0.25, 0.3) is 54.6 Å². The van der Waals surface area contributed by atoms with Crippen molar-refractivity contribution >= 4 is 66.0 Å². The second-order valence-corrected chi connectivity index (χ2v) is 13.5. The number of anilines is 2. The molecule has 3 N–H and O–H groups in total. The zero-order valence-electron chi connectivity index (χ0n) is 30.8. The molecule has 0 atom stereocenters. The summed E-state index contributed by atoms with van der Waals surface area (Å²) in [5.74, 6) is 0.758. The topological polar surface area (TPSA) is 138 Å². The number of phenolic OH excluding ortho intramolecular Hbond substituents is 1. The van der Waals surface area contributed by atoms with Gasteiger partial charge in [0.25, 0.3) is 0 Å². The normalized spacial score (nSPS) is 13.9. The highest BCUT2D eigenvalue weighted by molar-refractivity contribution is 6.08. The Kier molecular flexibility index (Phi) is 9.76. The maximum Gasteiger partial charge on any atom is 0.199 e. The van der Waals surface area contributed by atoms with E-state index in [1.54, 1.807) is 38.0 Å². The molecule has 8 aromatic rings. The van der Waals surface area contributed by atoms with Crippen LogP contribution in [0.3, 0.4) is 0 Å². The van der Waals surface area contributed by atoms with Gasteiger partial charge in [-0.3, -0.25) is 23.3 Å². The Labute approximate surface area is 311 Å². The van der Waals surface area contributed by atoms with Gasteiger partial charge >= 0.3 is 0 Å². The fourth-order valence-corrected chi connectivity index (χ4v) is 7.61. The zero-order valence-corrected chi connectivity index (χ0v) is 30.8. The molecular formula is C41H44N8O5. The minimum absolute atomic E-state index is 0.00726. The van der Waals surface area contributed by atoms with E-state index in [1.165, 1.54) is 6.07 Å². The number of imidazole rings is 2. The third-order valence-electron chi connectivity index (χ3n) is 10.6. The number of aromatic nitrogens is 4. The summed E-state index contributed by atoms with van der Waals surface area (Å²) in [6, 6.07) is 18.2. The van der Waals surface area contributed by atoms with Crippen molar-refractivity contribution in [3.63, 3.8) is 0 Å². The first-order valence-electron chi connectivity index (χ1n) is 18.5. The Morgan fingerprint density at radius 1 is 0.778 bits per heavy atom. The SMILES string of the molecule is CCN(CC)CCNc1ccc2ncn3c4ccc(OC)cc4c(=O)c1c23.O=c1c2cc(O)ccc2n2cnc3ccc(NCCN4CCOCC4)c1c32. The molecule has 5 heterocycles. The van der Waals surface area contributed by atoms with Crippen LogP contribution < -0.4 is 26.2 Å². The molecule has 1 aliphatic heterocycles. The Morgan fingerprint density at radius 2 is 1.35 bits per heavy atom. The van der Waals surface area contributed by atoms with E-state index >= 15 is 0 Å². The molecule has 0 unspecified atom stereocenters. The molecule has 0 saturated carbocycles. The van der Waals surface area contributed by atoms with Crippen LogP contribution in [0.2, 0.25) is 0 Å². The van der Waals surface area contributed by atoms with Gasteiger partial charge in [-0.1, -0.05) is 13.8 Å². The number of hydrogen-bond acceptors (Lipinski definition) is 11. The van der Waals surface area contributed by atoms with Crippen molar-refractivity contribution in [2.75, 3.05) is 83.3 Å². The molecule has 13 heteroatoms. The van der Waals surface area contributed by atoms with Gasteiger partial charge in [-0.25, -0.2) is 9.97 Å². The largest absolute Gasteiger partial charge is 0.508 e. The fourth-order valence-electron chi connectivity index (χ4n) is 7.61. The first-order chi connectivity index (χ1) is 26.4. The van der Waals surface area contributed by atoms with Crippen molar-refractivity contribution in [1.29, 1.82) is 0 Å². The van der Waals surface area contributed by atoms with Crippen LogP contribution in [0, 0.1) is 0 Å². The number of likely N-dealkylation sites (N-methyl/N-ethyl adjacent to an activating group) is 1. The van der Waals surface area contributed by atoms with Crippen LogP contribution in [0.1, 0.15) is 13.8 Å². The van der Waals surface area contributed by atoms with Crippen molar-refractivity contribution < 1.29 is 14.6 Å². The molecule has 0 amide bonds. The lowest BCUT2D eigenvalue weighted by Crippen LogP contribution is -2.39. The standard InChI is InChI=1S/C21H24N4O2.C20H20N4O3/c1-4-24(5-2)11-10-22-16-7-8-17-20-19(16)21(26)15-12-14(27-3)6-9-18(15)25(20)13-23-17;25-13-1-4-17-14(11-13)20(26)18-15(2-3-16-19(18)24(17)12-22-16)21-5-6-23-7-9-27-10-8-23/h6-9,12-13,22H,4-5,10-11H2,1-3H3;1-4,11-12,21,25H,5-10H2. The molecule has 1 saturated heterocycles. The highest BCUT2D eigenvalue weighted by Crippen LogP contribution is 2.31. The second kappa shape index (κ2) is 14.9. The van der Waals surface area contributed by atoms with E-state index in [1.807, 2.05) is 45.2 Å². The van der Waals surface area contributed by atoms with Crippen LogP contribution in [-0.2, 0) is 4.74 Å². The summed E-state index contributed by atoms with van der Waals surface area (Å²) < 4.78 is 14.6. The number of phenols is 1. The maximum atomic E-state index is 13.3. The minimum atomic E-state index is -0.0895. The number of aromatic hydroxyl groups is 1. The number of hydrogen-bond donors (Lipinski definition) is 3. The summed E-state index contributed by atoms with van der Waals surface area (Å²) in [5, 5.41) is 19.2. The summed E-state index contributed by atoms with van der Waals surface area (Å²) in [4.78, 5) is 40.2. The van der Waals surface area contributed by atoms with Crippen LogP contribution in [0.15, 0.2) is 82.9 Å². The predicted molar refractivity (Wildman–Crippen MR) is 216 cm³/mol. The van der Waals surface area contributed by atoms with E-state index in [0.29, 0.717) is 27.3 Å². The van der Waals surface area contributed by atoms with Gasteiger partial charge in [-0.2, -0.15) is 0 Å². The summed E-state index contributed by atoms with van der Waals surface area (Å²) in [6.45, 7) is 13.1. The molecule has 0 bridgehead atoms. The first-order valence-corrected chi connectivity index (χ1v) is 18.5. The van der Waals surface area contributed by atoms with E-state index in [-0.39, 0.29) is 16.6 Å². The van der Waals surface area contributed by atoms with Crippen molar-refractivity contribution in [2.24, 2.45) is 0 Å². The Morgan fingerprint density at radius 3 is 1.94 bits per heavy atom. The third-order valence-corrected chi connectivity index (χ3v) is 10.6. The van der Waals surface area contributed by atoms with Crippen LogP contribution in [0.4, 0.5) is 11.4 Å². The van der Waals surface area contributed by atoms with Gasteiger partial charge in [-0.05, 0) is 73.8 Å². The maximum absolute atomic E-state index is 13.3. The molecule has 0 aliphatic carbocycles. The summed E-state index contributed by atoms with van der Waals surface area (Å²) in [7, 11) is 1.61. The number of nitrogens with zero attached hydrogens (tertiary/aromatic N) is 6. The van der Waals surface area contributed by atoms with Crippen molar-refractivity contribution in [2.45, 2.75) is 13.8 Å². The van der Waals surface area contributed by atoms with E-state index in [0.717, 1.165) is 110 Å². The number of benzene rings is 4. The number of morpholine rings is 1. The minimum Gasteiger partial charge on any atom is -0.508 e. The first kappa shape index (κ1) is 35.3. The quantitative estimate of drug-likeness (QED) is 0.154. The third kappa shape index (κ3) is 6.33. The van der Waals surface area contributed by atoms with Gasteiger partial charge in [0.1, 0.15) is 24.2 Å². The molecule has 4 aromatic carbocycles. The lowest BCUT2D eigenvalue weighted by Gasteiger charge is -2.26. The Hall–Kier alpha value is -5.76. The number of methoxy groups -OCH3 is 1. The lowest BCUT2D eigenvalue weighted by atomic mass is 10.1. The fraction of sp³-hybridized carbons (Fsp3) is 0.317. The second-order valence-electron chi connectivity index (χ2n) is 13.5. The highest BCUT2D eigenvalue weighted by atomic mass is 16.5. The molecule has 4 aromatic heterocycles. The molecular weight excluding hydrogens is 685 g/mol. The van der Waals surface area contributed by atoms with E-state index < -0.39 is 0 Å². The van der Waals surface area contributed by atoms with Crippen LogP contribution in [-0.4, -0.2) is 106 Å². The Balaban J connectivity index is 0.000000153. The molecule has 54 heavy (non-hydrogen) atoms. The predicted octanol–water partition coefficient (Wildman–Crippen LogP) is 5.09. The van der Waals surface area contributed by atoms with Gasteiger partial charge in [0.05, 0.1) is 75.0 Å². The van der Waals surface area contributed by atoms with Gasteiger partial charge in [0.15, 0.2) is 10.9 Å². The highest BCUT2D eigenvalue weighted by Gasteiger charge is 2.19. The van der Waals surface area contributed by atoms with Gasteiger partial charge in [0, 0.05) is 50.6 Å². The molecule has 9 rings (SSSR count). The van der Waals surface area contributed by atoms with Crippen molar-refractivity contribution in [3.05, 3.63) is 93.8 Å². The average Bonchev–Trinajstić information content (AvgIpc) is 3.84. The summed E-state index contributed by atoms with van der Waals surface area (Å²) in [5.41, 5.74) is 6.46. The molecule has 0 spiro atoms. The van der Waals surface area contributed by atoms with Crippen molar-refractivity contribution in [1.82, 2.24) is 28.6 Å². The number of fused-ring (bicyclic) bond motifs is 4. The summed E-state index contributed by atoms with van der Waals surface area (Å²) in [6.07, 6.45) is 3.51. The summed E-state index contributed by atoms with van der Waals surface area (Å²) >= 11 is 0. The monoisotopic (exact) mass is 728 g/mol. The Bertz CT molecular complexity index is 2700. The zero-order chi connectivity index (χ0) is 37.3. The van der Waals surface area contributed by atoms with Gasteiger partial charge in [-0.15, -0.1) is 0 Å². The van der Waals surface area contributed by atoms with Gasteiger partial charge in [0.2, 0.25) is 0 Å².